The fourth-order valence-corrected chi connectivity index (χ4v) is 3.72. The lowest BCUT2D eigenvalue weighted by molar-refractivity contribution is -0.170. The lowest BCUT2D eigenvalue weighted by Gasteiger charge is -2.30. The van der Waals surface area contributed by atoms with Crippen molar-refractivity contribution >= 4 is 11.9 Å². The number of ether oxygens (including phenoxy) is 2. The molecule has 4 unspecified atom stereocenters. The van der Waals surface area contributed by atoms with E-state index in [4.69, 9.17) is 9.47 Å². The van der Waals surface area contributed by atoms with Crippen LogP contribution in [-0.2, 0) is 19.1 Å². The molecule has 5 atom stereocenters. The van der Waals surface area contributed by atoms with Crippen LogP contribution in [0, 0.1) is 34.0 Å². The molecule has 2 bridgehead atoms. The van der Waals surface area contributed by atoms with Gasteiger partial charge >= 0.3 is 11.9 Å². The summed E-state index contributed by atoms with van der Waals surface area (Å²) < 4.78 is 11.0. The first-order valence-electron chi connectivity index (χ1n) is 7.19. The Bertz CT molecular complexity index is 520. The van der Waals surface area contributed by atoms with Crippen LogP contribution >= 0.6 is 0 Å². The van der Waals surface area contributed by atoms with Gasteiger partial charge < -0.3 is 9.47 Å². The monoisotopic (exact) mass is 277 g/mol. The number of nitrogens with zero attached hydrogens (tertiary/aromatic N) is 1. The Morgan fingerprint density at radius 1 is 1.60 bits per heavy atom. The second-order valence-corrected chi connectivity index (χ2v) is 6.87. The third-order valence-corrected chi connectivity index (χ3v) is 5.45. The summed E-state index contributed by atoms with van der Waals surface area (Å²) in [5, 5.41) is 9.31. The first kappa shape index (κ1) is 13.4. The molecule has 5 nitrogen and oxygen atoms in total. The van der Waals surface area contributed by atoms with E-state index >= 15 is 0 Å². The first-order chi connectivity index (χ1) is 9.35. The Labute approximate surface area is 118 Å². The molecule has 0 radical (unpaired) electrons. The molecule has 0 aromatic carbocycles. The van der Waals surface area contributed by atoms with E-state index in [0.29, 0.717) is 12.8 Å². The summed E-state index contributed by atoms with van der Waals surface area (Å²) in [5.74, 6) is -0.700. The summed E-state index contributed by atoms with van der Waals surface area (Å²) in [6.45, 7) is 5.64. The number of fused-ring (bicyclic) bond motifs is 1. The number of hydrogen-bond acceptors (Lipinski definition) is 5. The maximum absolute atomic E-state index is 12.2. The maximum atomic E-state index is 12.2. The predicted octanol–water partition coefficient (Wildman–Crippen LogP) is 1.81. The molecule has 3 fully saturated rings. The molecule has 20 heavy (non-hydrogen) atoms. The van der Waals surface area contributed by atoms with Gasteiger partial charge in [0.15, 0.2) is 5.41 Å². The van der Waals surface area contributed by atoms with E-state index < -0.39 is 22.9 Å². The van der Waals surface area contributed by atoms with Crippen molar-refractivity contribution in [3.63, 3.8) is 0 Å². The molecule has 0 amide bonds. The molecule has 1 saturated heterocycles. The van der Waals surface area contributed by atoms with E-state index in [0.717, 1.165) is 6.42 Å². The zero-order chi connectivity index (χ0) is 14.7. The first-order valence-corrected chi connectivity index (χ1v) is 7.19. The van der Waals surface area contributed by atoms with Crippen LogP contribution in [-0.4, -0.2) is 24.1 Å². The van der Waals surface area contributed by atoms with E-state index in [1.165, 1.54) is 0 Å². The molecule has 0 N–H and O–H groups in total. The summed E-state index contributed by atoms with van der Waals surface area (Å²) in [4.78, 5) is 24.2. The van der Waals surface area contributed by atoms with Crippen LogP contribution in [0.2, 0.25) is 0 Å². The summed E-state index contributed by atoms with van der Waals surface area (Å²) in [6, 6.07) is 2.15. The molecular weight excluding hydrogens is 258 g/mol. The molecule has 3 rings (SSSR count). The van der Waals surface area contributed by atoms with Gasteiger partial charge in [0.05, 0.1) is 11.5 Å². The zero-order valence-corrected chi connectivity index (χ0v) is 12.0. The van der Waals surface area contributed by atoms with Crippen molar-refractivity contribution in [3.8, 4) is 6.07 Å². The van der Waals surface area contributed by atoms with Gasteiger partial charge in [-0.05, 0) is 33.1 Å². The third-order valence-electron chi connectivity index (χ3n) is 5.45. The summed E-state index contributed by atoms with van der Waals surface area (Å²) in [5.41, 5.74) is -1.50. The molecule has 2 aliphatic carbocycles. The number of hydrogen-bond donors (Lipinski definition) is 0. The number of esters is 2. The number of carbonyl (C=O) groups is 2. The molecule has 0 aromatic rings. The highest BCUT2D eigenvalue weighted by atomic mass is 16.6. The van der Waals surface area contributed by atoms with Crippen molar-refractivity contribution in [2.75, 3.05) is 0 Å². The molecule has 0 aromatic heterocycles. The van der Waals surface area contributed by atoms with Gasteiger partial charge in [0.1, 0.15) is 12.2 Å². The predicted molar refractivity (Wildman–Crippen MR) is 68.1 cm³/mol. The molecule has 2 saturated carbocycles. The minimum atomic E-state index is -0.974. The molecule has 5 heteroatoms. The topological polar surface area (TPSA) is 76.4 Å². The second-order valence-electron chi connectivity index (χ2n) is 6.87. The van der Waals surface area contributed by atoms with Crippen LogP contribution in [0.15, 0.2) is 0 Å². The lowest BCUT2D eigenvalue weighted by Crippen LogP contribution is -2.42. The van der Waals surface area contributed by atoms with Crippen molar-refractivity contribution in [1.29, 1.82) is 5.26 Å². The van der Waals surface area contributed by atoms with Gasteiger partial charge in [-0.15, -0.1) is 0 Å². The maximum Gasteiger partial charge on any atom is 0.327 e. The van der Waals surface area contributed by atoms with E-state index in [2.05, 4.69) is 6.07 Å². The highest BCUT2D eigenvalue weighted by Gasteiger charge is 2.72. The van der Waals surface area contributed by atoms with Crippen LogP contribution in [0.3, 0.4) is 0 Å². The van der Waals surface area contributed by atoms with Gasteiger partial charge in [-0.1, -0.05) is 6.92 Å². The van der Waals surface area contributed by atoms with Crippen molar-refractivity contribution < 1.29 is 19.1 Å². The highest BCUT2D eigenvalue weighted by Crippen LogP contribution is 2.62. The molecule has 1 aliphatic heterocycles. The van der Waals surface area contributed by atoms with Crippen molar-refractivity contribution in [1.82, 2.24) is 0 Å². The lowest BCUT2D eigenvalue weighted by atomic mass is 9.74. The molecule has 0 spiro atoms. The number of carbonyl (C=O) groups excluding carboxylic acids is 2. The van der Waals surface area contributed by atoms with E-state index in [1.807, 2.05) is 20.8 Å². The molecule has 1 heterocycles. The van der Waals surface area contributed by atoms with Gasteiger partial charge in [-0.2, -0.15) is 5.26 Å². The van der Waals surface area contributed by atoms with E-state index in [-0.39, 0.29) is 23.9 Å². The van der Waals surface area contributed by atoms with Crippen molar-refractivity contribution in [3.05, 3.63) is 0 Å². The quantitative estimate of drug-likeness (QED) is 0.735. The molecule has 108 valence electrons. The normalized spacial score (nSPS) is 41.4. The van der Waals surface area contributed by atoms with E-state index in [9.17, 15) is 14.9 Å². The fourth-order valence-electron chi connectivity index (χ4n) is 3.72. The third kappa shape index (κ3) is 1.48. The zero-order valence-electron chi connectivity index (χ0n) is 12.0. The second kappa shape index (κ2) is 3.97. The Hall–Kier alpha value is -1.57. The van der Waals surface area contributed by atoms with Crippen LogP contribution < -0.4 is 0 Å². The average Bonchev–Trinajstić information content (AvgIpc) is 3.00. The van der Waals surface area contributed by atoms with Crippen LogP contribution in [0.5, 0.6) is 0 Å². The Balaban J connectivity index is 1.80. The number of nitriles is 1. The minimum Gasteiger partial charge on any atom is -0.458 e. The van der Waals surface area contributed by atoms with Gasteiger partial charge in [0, 0.05) is 11.8 Å². The SMILES string of the molecule is CCC(C)(C)C(=O)OC1C2C[C@@H]3C1OC(=O)C3(C#N)C2. The Morgan fingerprint density at radius 3 is 2.90 bits per heavy atom. The van der Waals surface area contributed by atoms with E-state index in [1.54, 1.807) is 0 Å². The summed E-state index contributed by atoms with van der Waals surface area (Å²) in [6.07, 6.45) is 1.12. The Morgan fingerprint density at radius 2 is 2.30 bits per heavy atom. The Kier molecular flexibility index (Phi) is 2.66. The van der Waals surface area contributed by atoms with Crippen LogP contribution in [0.4, 0.5) is 0 Å². The summed E-state index contributed by atoms with van der Waals surface area (Å²) >= 11 is 0. The minimum absolute atomic E-state index is 0.0766. The van der Waals surface area contributed by atoms with Gasteiger partial charge in [-0.3, -0.25) is 9.59 Å². The smallest absolute Gasteiger partial charge is 0.327 e. The standard InChI is InChI=1S/C15H19NO4/c1-4-14(2,3)12(17)19-10-8-5-9-11(10)20-13(18)15(9,6-8)7-16/h8-11H,4-6H2,1-3H3/t8?,9-,10?,11?,15?/m1/s1. The molecule has 3 aliphatic rings. The van der Waals surface area contributed by atoms with Gasteiger partial charge in [0.2, 0.25) is 0 Å². The fraction of sp³-hybridized carbons (Fsp3) is 0.800. The molecular formula is C15H19NO4. The van der Waals surface area contributed by atoms with Gasteiger partial charge in [0.25, 0.3) is 0 Å². The van der Waals surface area contributed by atoms with Crippen LogP contribution in [0.1, 0.15) is 40.0 Å². The van der Waals surface area contributed by atoms with Crippen molar-refractivity contribution in [2.45, 2.75) is 52.2 Å². The number of rotatable bonds is 3. The van der Waals surface area contributed by atoms with Crippen LogP contribution in [0.25, 0.3) is 0 Å². The largest absolute Gasteiger partial charge is 0.458 e. The van der Waals surface area contributed by atoms with Gasteiger partial charge in [-0.25, -0.2) is 0 Å². The summed E-state index contributed by atoms with van der Waals surface area (Å²) in [7, 11) is 0. The van der Waals surface area contributed by atoms with Crippen molar-refractivity contribution in [2.24, 2.45) is 22.7 Å². The average molecular weight is 277 g/mol. The highest BCUT2D eigenvalue weighted by molar-refractivity contribution is 5.84.